The number of likely N-dealkylation sites (tertiary alicyclic amines) is 1. The van der Waals surface area contributed by atoms with Crippen molar-refractivity contribution in [1.29, 1.82) is 0 Å². The Labute approximate surface area is 151 Å². The van der Waals surface area contributed by atoms with Crippen molar-refractivity contribution < 1.29 is 9.59 Å². The molecule has 0 unspecified atom stereocenters. The lowest BCUT2D eigenvalue weighted by atomic mass is 9.78. The normalized spacial score (nSPS) is 16.6. The molecule has 0 spiro atoms. The first-order valence-corrected chi connectivity index (χ1v) is 9.15. The van der Waals surface area contributed by atoms with E-state index in [4.69, 9.17) is 0 Å². The van der Waals surface area contributed by atoms with Gasteiger partial charge in [0.1, 0.15) is 0 Å². The molecule has 0 aliphatic carbocycles. The Kier molecular flexibility index (Phi) is 6.45. The molecular formula is C20H31N3O2. The zero-order chi connectivity index (χ0) is 18.4. The average Bonchev–Trinajstić information content (AvgIpc) is 2.61. The lowest BCUT2D eigenvalue weighted by molar-refractivity contribution is -0.145. The van der Waals surface area contributed by atoms with E-state index in [9.17, 15) is 9.59 Å². The minimum absolute atomic E-state index is 0.0576. The monoisotopic (exact) mass is 345 g/mol. The van der Waals surface area contributed by atoms with Crippen LogP contribution in [0.2, 0.25) is 0 Å². The van der Waals surface area contributed by atoms with Gasteiger partial charge >= 0.3 is 6.03 Å². The third-order valence-corrected chi connectivity index (χ3v) is 4.97. The van der Waals surface area contributed by atoms with Crippen molar-refractivity contribution in [3.8, 4) is 0 Å². The van der Waals surface area contributed by atoms with Gasteiger partial charge in [-0.15, -0.1) is 0 Å². The van der Waals surface area contributed by atoms with E-state index in [1.165, 1.54) is 0 Å². The lowest BCUT2D eigenvalue weighted by Gasteiger charge is -2.41. The number of carbonyl (C=O) groups excluding carboxylic acids is 2. The van der Waals surface area contributed by atoms with Crippen LogP contribution in [0.15, 0.2) is 30.3 Å². The number of amides is 3. The maximum absolute atomic E-state index is 13.3. The molecule has 1 fully saturated rings. The van der Waals surface area contributed by atoms with Crippen molar-refractivity contribution in [1.82, 2.24) is 15.1 Å². The van der Waals surface area contributed by atoms with E-state index in [0.29, 0.717) is 38.4 Å². The van der Waals surface area contributed by atoms with Gasteiger partial charge in [0, 0.05) is 38.6 Å². The van der Waals surface area contributed by atoms with E-state index < -0.39 is 5.41 Å². The van der Waals surface area contributed by atoms with Gasteiger partial charge in [0.15, 0.2) is 0 Å². The number of hydrogen-bond donors (Lipinski definition) is 1. The highest BCUT2D eigenvalue weighted by Crippen LogP contribution is 2.34. The van der Waals surface area contributed by atoms with Crippen LogP contribution in [0.25, 0.3) is 0 Å². The molecule has 5 heteroatoms. The number of hydrogen-bond acceptors (Lipinski definition) is 2. The van der Waals surface area contributed by atoms with Gasteiger partial charge in [-0.2, -0.15) is 0 Å². The summed E-state index contributed by atoms with van der Waals surface area (Å²) in [6, 6.07) is 10.1. The molecule has 1 heterocycles. The highest BCUT2D eigenvalue weighted by Gasteiger charge is 2.40. The fourth-order valence-electron chi connectivity index (χ4n) is 3.42. The minimum atomic E-state index is -0.395. The SMILES string of the molecule is CNC(=O)N1CCC(C)(C(=O)N(Cc2ccccc2)CC(C)C)CC1. The quantitative estimate of drug-likeness (QED) is 0.891. The van der Waals surface area contributed by atoms with E-state index in [1.807, 2.05) is 23.1 Å². The molecule has 2 rings (SSSR count). The predicted octanol–water partition coefficient (Wildman–Crippen LogP) is 3.11. The summed E-state index contributed by atoms with van der Waals surface area (Å²) in [4.78, 5) is 28.9. The Bertz CT molecular complexity index is 578. The smallest absolute Gasteiger partial charge is 0.317 e. The zero-order valence-electron chi connectivity index (χ0n) is 15.9. The largest absolute Gasteiger partial charge is 0.341 e. The summed E-state index contributed by atoms with van der Waals surface area (Å²) in [7, 11) is 1.64. The molecule has 0 aromatic heterocycles. The van der Waals surface area contributed by atoms with E-state index in [1.54, 1.807) is 11.9 Å². The number of nitrogens with zero attached hydrogens (tertiary/aromatic N) is 2. The summed E-state index contributed by atoms with van der Waals surface area (Å²) < 4.78 is 0. The molecule has 5 nitrogen and oxygen atoms in total. The molecule has 1 N–H and O–H groups in total. The molecule has 1 aliphatic rings. The second-order valence-electron chi connectivity index (χ2n) is 7.67. The van der Waals surface area contributed by atoms with Crippen molar-refractivity contribution in [2.75, 3.05) is 26.7 Å². The fraction of sp³-hybridized carbons (Fsp3) is 0.600. The average molecular weight is 345 g/mol. The standard InChI is InChI=1S/C20H31N3O2/c1-16(2)14-23(15-17-8-6-5-7-9-17)18(24)20(3)10-12-22(13-11-20)19(25)21-4/h5-9,16H,10-15H2,1-4H3,(H,21,25). The van der Waals surface area contributed by atoms with Crippen LogP contribution in [0.4, 0.5) is 4.79 Å². The first kappa shape index (κ1) is 19.3. The molecule has 1 aromatic rings. The van der Waals surface area contributed by atoms with Gasteiger partial charge in [0.05, 0.1) is 0 Å². The van der Waals surface area contributed by atoms with Crippen LogP contribution in [0, 0.1) is 11.3 Å². The summed E-state index contributed by atoms with van der Waals surface area (Å²) in [5.41, 5.74) is 0.761. The molecule has 3 amide bonds. The van der Waals surface area contributed by atoms with Crippen LogP contribution in [-0.4, -0.2) is 48.4 Å². The van der Waals surface area contributed by atoms with Crippen LogP contribution in [-0.2, 0) is 11.3 Å². The van der Waals surface area contributed by atoms with Crippen LogP contribution in [0.1, 0.15) is 39.2 Å². The van der Waals surface area contributed by atoms with E-state index in [0.717, 1.165) is 12.1 Å². The maximum Gasteiger partial charge on any atom is 0.317 e. The molecular weight excluding hydrogens is 314 g/mol. The van der Waals surface area contributed by atoms with Gasteiger partial charge in [-0.1, -0.05) is 51.1 Å². The molecule has 1 saturated heterocycles. The molecule has 0 bridgehead atoms. The van der Waals surface area contributed by atoms with Crippen LogP contribution >= 0.6 is 0 Å². The Morgan fingerprint density at radius 1 is 1.20 bits per heavy atom. The van der Waals surface area contributed by atoms with Gasteiger partial charge in [-0.05, 0) is 24.3 Å². The van der Waals surface area contributed by atoms with E-state index in [-0.39, 0.29) is 11.9 Å². The second-order valence-corrected chi connectivity index (χ2v) is 7.67. The van der Waals surface area contributed by atoms with Gasteiger partial charge in [0.25, 0.3) is 0 Å². The minimum Gasteiger partial charge on any atom is -0.341 e. The second kappa shape index (κ2) is 8.37. The van der Waals surface area contributed by atoms with Gasteiger partial charge in [-0.25, -0.2) is 4.79 Å². The third-order valence-electron chi connectivity index (χ3n) is 4.97. The summed E-state index contributed by atoms with van der Waals surface area (Å²) >= 11 is 0. The van der Waals surface area contributed by atoms with Gasteiger partial charge in [0.2, 0.25) is 5.91 Å². The number of nitrogens with one attached hydrogen (secondary N) is 1. The predicted molar refractivity (Wildman–Crippen MR) is 100 cm³/mol. The number of benzene rings is 1. The lowest BCUT2D eigenvalue weighted by Crippen LogP contribution is -2.51. The Morgan fingerprint density at radius 2 is 1.80 bits per heavy atom. The van der Waals surface area contributed by atoms with Gasteiger partial charge in [-0.3, -0.25) is 4.79 Å². The molecule has 25 heavy (non-hydrogen) atoms. The van der Waals surface area contributed by atoms with Crippen LogP contribution in [0.5, 0.6) is 0 Å². The van der Waals surface area contributed by atoms with Crippen molar-refractivity contribution in [3.63, 3.8) is 0 Å². The summed E-state index contributed by atoms with van der Waals surface area (Å²) in [6.45, 7) is 8.99. The first-order valence-electron chi connectivity index (χ1n) is 9.15. The third kappa shape index (κ3) is 4.97. The topological polar surface area (TPSA) is 52.7 Å². The number of urea groups is 1. The molecule has 1 aliphatic heterocycles. The molecule has 0 saturated carbocycles. The first-order chi connectivity index (χ1) is 11.9. The highest BCUT2D eigenvalue weighted by molar-refractivity contribution is 5.83. The Hall–Kier alpha value is -2.04. The molecule has 1 aromatic carbocycles. The fourth-order valence-corrected chi connectivity index (χ4v) is 3.42. The van der Waals surface area contributed by atoms with E-state index in [2.05, 4.69) is 38.2 Å². The highest BCUT2D eigenvalue weighted by atomic mass is 16.2. The van der Waals surface area contributed by atoms with Crippen molar-refractivity contribution in [3.05, 3.63) is 35.9 Å². The summed E-state index contributed by atoms with van der Waals surface area (Å²) in [5.74, 6) is 0.629. The van der Waals surface area contributed by atoms with Crippen molar-refractivity contribution >= 4 is 11.9 Å². The number of carbonyl (C=O) groups is 2. The summed E-state index contributed by atoms with van der Waals surface area (Å²) in [6.07, 6.45) is 1.42. The maximum atomic E-state index is 13.3. The molecule has 0 atom stereocenters. The van der Waals surface area contributed by atoms with Crippen LogP contribution < -0.4 is 5.32 Å². The molecule has 0 radical (unpaired) electrons. The van der Waals surface area contributed by atoms with Crippen molar-refractivity contribution in [2.45, 2.75) is 40.2 Å². The number of piperidine rings is 1. The van der Waals surface area contributed by atoms with Gasteiger partial charge < -0.3 is 15.1 Å². The van der Waals surface area contributed by atoms with Crippen molar-refractivity contribution in [2.24, 2.45) is 11.3 Å². The zero-order valence-corrected chi connectivity index (χ0v) is 15.9. The van der Waals surface area contributed by atoms with E-state index >= 15 is 0 Å². The summed E-state index contributed by atoms with van der Waals surface area (Å²) in [5, 5.41) is 2.66. The Morgan fingerprint density at radius 3 is 2.32 bits per heavy atom. The van der Waals surface area contributed by atoms with Crippen LogP contribution in [0.3, 0.4) is 0 Å². The number of rotatable bonds is 5. The Balaban J connectivity index is 2.09. The molecule has 138 valence electrons.